The summed E-state index contributed by atoms with van der Waals surface area (Å²) in [5.41, 5.74) is 1.92. The van der Waals surface area contributed by atoms with E-state index in [9.17, 15) is 24.6 Å². The molecule has 2 atom stereocenters. The van der Waals surface area contributed by atoms with Crippen molar-refractivity contribution in [2.75, 3.05) is 42.6 Å². The maximum Gasteiger partial charge on any atom is 0.264 e. The van der Waals surface area contributed by atoms with Crippen LogP contribution in [0.15, 0.2) is 89.4 Å². The summed E-state index contributed by atoms with van der Waals surface area (Å²) < 4.78 is 0.737. The highest BCUT2D eigenvalue weighted by Gasteiger charge is 2.52. The molecule has 0 saturated carbocycles. The fourth-order valence-corrected chi connectivity index (χ4v) is 6.14. The molecule has 10 heteroatoms. The largest absolute Gasteiger partial charge is 0.395 e. The van der Waals surface area contributed by atoms with Gasteiger partial charge in [0, 0.05) is 54.2 Å². The third-order valence-electron chi connectivity index (χ3n) is 8.22. The zero-order valence-electron chi connectivity index (χ0n) is 24.7. The number of rotatable bonds is 11. The van der Waals surface area contributed by atoms with Gasteiger partial charge in [-0.3, -0.25) is 14.4 Å². The van der Waals surface area contributed by atoms with Gasteiger partial charge in [0.05, 0.1) is 25.4 Å². The molecule has 1 fully saturated rings. The van der Waals surface area contributed by atoms with Crippen LogP contribution in [0, 0.1) is 5.92 Å². The van der Waals surface area contributed by atoms with Crippen LogP contribution in [-0.2, 0) is 33.1 Å². The lowest BCUT2D eigenvalue weighted by atomic mass is 9.83. The van der Waals surface area contributed by atoms with Crippen LogP contribution >= 0.6 is 15.9 Å². The van der Waals surface area contributed by atoms with Crippen molar-refractivity contribution < 1.29 is 24.6 Å². The van der Waals surface area contributed by atoms with E-state index in [2.05, 4.69) is 21.2 Å². The van der Waals surface area contributed by atoms with Crippen molar-refractivity contribution in [3.05, 3.63) is 106 Å². The molecule has 230 valence electrons. The molecule has 0 bridgehead atoms. The number of anilines is 2. The first-order valence-electron chi connectivity index (χ1n) is 14.8. The van der Waals surface area contributed by atoms with E-state index in [0.717, 1.165) is 27.8 Å². The molecule has 3 aromatic carbocycles. The Bertz CT molecular complexity index is 1530. The van der Waals surface area contributed by atoms with Crippen molar-refractivity contribution in [3.63, 3.8) is 0 Å². The average molecular weight is 662 g/mol. The van der Waals surface area contributed by atoms with E-state index in [1.807, 2.05) is 66.7 Å². The molecule has 3 amide bonds. The van der Waals surface area contributed by atoms with Crippen molar-refractivity contribution in [2.24, 2.45) is 5.92 Å². The van der Waals surface area contributed by atoms with Gasteiger partial charge in [-0.2, -0.15) is 0 Å². The van der Waals surface area contributed by atoms with Gasteiger partial charge in [-0.1, -0.05) is 77.5 Å². The maximum atomic E-state index is 14.0. The van der Waals surface area contributed by atoms with E-state index < -0.39 is 17.4 Å². The van der Waals surface area contributed by atoms with Gasteiger partial charge in [0.1, 0.15) is 0 Å². The minimum absolute atomic E-state index is 0.0179. The highest BCUT2D eigenvalue weighted by molar-refractivity contribution is 9.10. The fraction of sp³-hybridized carbons (Fsp3) is 0.324. The number of carbonyl (C=O) groups excluding carboxylic acids is 3. The number of aliphatic hydroxyl groups is 2. The van der Waals surface area contributed by atoms with Gasteiger partial charge in [-0.15, -0.1) is 0 Å². The fourth-order valence-electron chi connectivity index (χ4n) is 5.78. The molecule has 2 aliphatic heterocycles. The summed E-state index contributed by atoms with van der Waals surface area (Å²) in [5.74, 6) is -1.22. The zero-order valence-corrected chi connectivity index (χ0v) is 26.2. The van der Waals surface area contributed by atoms with Gasteiger partial charge in [-0.05, 0) is 41.5 Å². The van der Waals surface area contributed by atoms with Crippen LogP contribution in [0.5, 0.6) is 0 Å². The summed E-state index contributed by atoms with van der Waals surface area (Å²) in [7, 11) is 0. The van der Waals surface area contributed by atoms with Gasteiger partial charge >= 0.3 is 0 Å². The number of fused-ring (bicyclic) bond motifs is 1. The number of aliphatic hydroxyl groups excluding tert-OH is 1. The number of hydrogen-bond donors (Lipinski definition) is 3. The molecule has 3 aromatic rings. The number of halogens is 1. The van der Waals surface area contributed by atoms with Gasteiger partial charge in [0.25, 0.3) is 5.91 Å². The second-order valence-corrected chi connectivity index (χ2v) is 12.1. The molecule has 44 heavy (non-hydrogen) atoms. The van der Waals surface area contributed by atoms with Crippen molar-refractivity contribution in [1.82, 2.24) is 10.2 Å². The highest BCUT2D eigenvalue weighted by atomic mass is 79.9. The Morgan fingerprint density at radius 2 is 1.84 bits per heavy atom. The van der Waals surface area contributed by atoms with Crippen LogP contribution in [0.4, 0.5) is 11.4 Å². The lowest BCUT2D eigenvalue weighted by Crippen LogP contribution is -2.48. The lowest BCUT2D eigenvalue weighted by Gasteiger charge is -2.28. The second-order valence-electron chi connectivity index (χ2n) is 11.2. The Labute approximate surface area is 265 Å². The number of piperazine rings is 1. The third kappa shape index (κ3) is 6.63. The Balaban J connectivity index is 1.31. The Morgan fingerprint density at radius 1 is 1.09 bits per heavy atom. The summed E-state index contributed by atoms with van der Waals surface area (Å²) in [4.78, 5) is 44.2. The minimum atomic E-state index is -1.83. The molecular weight excluding hydrogens is 624 g/mol. The van der Waals surface area contributed by atoms with E-state index >= 15 is 0 Å². The number of amides is 3. The summed E-state index contributed by atoms with van der Waals surface area (Å²) in [6.07, 6.45) is 3.46. The predicted molar refractivity (Wildman–Crippen MR) is 173 cm³/mol. The number of carbonyl (C=O) groups is 3. The molecule has 2 heterocycles. The van der Waals surface area contributed by atoms with Crippen molar-refractivity contribution in [1.29, 1.82) is 0 Å². The molecule has 0 aliphatic carbocycles. The van der Waals surface area contributed by atoms with Gasteiger partial charge in [0.15, 0.2) is 5.60 Å². The second kappa shape index (κ2) is 13.9. The molecule has 0 spiro atoms. The van der Waals surface area contributed by atoms with Crippen LogP contribution in [0.1, 0.15) is 30.0 Å². The van der Waals surface area contributed by atoms with E-state index in [0.29, 0.717) is 30.9 Å². The number of hydrogen-bond acceptors (Lipinski definition) is 6. The predicted octanol–water partition coefficient (Wildman–Crippen LogP) is 3.72. The first-order valence-corrected chi connectivity index (χ1v) is 15.5. The topological polar surface area (TPSA) is 113 Å². The van der Waals surface area contributed by atoms with Gasteiger partial charge in [-0.25, -0.2) is 0 Å². The Hall–Kier alpha value is -3.83. The monoisotopic (exact) mass is 660 g/mol. The van der Waals surface area contributed by atoms with E-state index in [1.165, 1.54) is 0 Å². The lowest BCUT2D eigenvalue weighted by molar-refractivity contribution is -0.139. The summed E-state index contributed by atoms with van der Waals surface area (Å²) >= 11 is 3.49. The normalized spacial score (nSPS) is 19.0. The Morgan fingerprint density at radius 3 is 2.55 bits per heavy atom. The van der Waals surface area contributed by atoms with Crippen LogP contribution in [-0.4, -0.2) is 65.6 Å². The highest BCUT2D eigenvalue weighted by Crippen LogP contribution is 2.46. The third-order valence-corrected chi connectivity index (χ3v) is 8.72. The standard InChI is InChI=1S/C34H37BrN4O5/c1-24(6-5-9-31(41)37(18-19-40)22-25-7-3-2-4-8-25)34(44)29-20-27(35)12-15-30(29)39(33(34)43)23-26-10-13-28(14-11-26)38-17-16-36-21-32(38)42/h2-8,10-15,20,24,36,40,44H,9,16-19,21-23H2,1H3/b6-5+/t24-,34+/m0/s1. The molecule has 0 unspecified atom stereocenters. The minimum Gasteiger partial charge on any atom is -0.395 e. The van der Waals surface area contributed by atoms with Crippen molar-refractivity contribution in [2.45, 2.75) is 32.0 Å². The van der Waals surface area contributed by atoms with E-state index in [1.54, 1.807) is 39.8 Å². The van der Waals surface area contributed by atoms with Crippen LogP contribution in [0.25, 0.3) is 0 Å². The van der Waals surface area contributed by atoms with Crippen LogP contribution in [0.2, 0.25) is 0 Å². The quantitative estimate of drug-likeness (QED) is 0.270. The molecular formula is C34H37BrN4O5. The SMILES string of the molecule is C[C@@H](/C=C/CC(=O)N(CCO)Cc1ccccc1)[C@]1(O)C(=O)N(Cc2ccc(N3CCNCC3=O)cc2)c2ccc(Br)cc21. The molecule has 5 rings (SSSR count). The first kappa shape index (κ1) is 31.6. The van der Waals surface area contributed by atoms with Gasteiger partial charge in [0.2, 0.25) is 11.8 Å². The van der Waals surface area contributed by atoms with E-state index in [-0.39, 0.29) is 37.9 Å². The number of nitrogens with one attached hydrogen (secondary N) is 1. The Kier molecular flexibility index (Phi) is 9.95. The molecule has 2 aliphatic rings. The summed E-state index contributed by atoms with van der Waals surface area (Å²) in [6, 6.07) is 22.6. The zero-order chi connectivity index (χ0) is 31.3. The van der Waals surface area contributed by atoms with Crippen LogP contribution < -0.4 is 15.1 Å². The number of nitrogens with zero attached hydrogens (tertiary/aromatic N) is 3. The molecule has 9 nitrogen and oxygen atoms in total. The smallest absolute Gasteiger partial charge is 0.264 e. The van der Waals surface area contributed by atoms with E-state index in [4.69, 9.17) is 0 Å². The summed E-state index contributed by atoms with van der Waals surface area (Å²) in [6.45, 7) is 4.10. The van der Waals surface area contributed by atoms with Crippen molar-refractivity contribution in [3.8, 4) is 0 Å². The molecule has 3 N–H and O–H groups in total. The van der Waals surface area contributed by atoms with Gasteiger partial charge < -0.3 is 30.2 Å². The number of benzene rings is 3. The molecule has 0 aromatic heterocycles. The van der Waals surface area contributed by atoms with Crippen molar-refractivity contribution >= 4 is 45.0 Å². The average Bonchev–Trinajstić information content (AvgIpc) is 3.24. The summed E-state index contributed by atoms with van der Waals surface area (Å²) in [5, 5.41) is 24.6. The molecule has 1 saturated heterocycles. The molecule has 0 radical (unpaired) electrons. The first-order chi connectivity index (χ1) is 21.2. The van der Waals surface area contributed by atoms with Crippen LogP contribution in [0.3, 0.4) is 0 Å². The maximum absolute atomic E-state index is 14.0.